The summed E-state index contributed by atoms with van der Waals surface area (Å²) in [4.78, 5) is 17.4. The zero-order valence-electron chi connectivity index (χ0n) is 16.8. The molecule has 10 heteroatoms. The van der Waals surface area contributed by atoms with Gasteiger partial charge in [-0.15, -0.1) is 0 Å². The number of nitriles is 1. The molecule has 0 aliphatic rings. The number of ether oxygens (including phenoxy) is 1. The molecule has 0 saturated heterocycles. The summed E-state index contributed by atoms with van der Waals surface area (Å²) in [6.45, 7) is 6.63. The number of aromatic nitrogens is 6. The molecular weight excluding hydrogens is 370 g/mol. The van der Waals surface area contributed by atoms with E-state index >= 15 is 0 Å². The number of nitrogens with two attached hydrogens (primary N) is 1. The molecule has 150 valence electrons. The highest BCUT2D eigenvalue weighted by atomic mass is 16.5. The van der Waals surface area contributed by atoms with E-state index in [1.807, 2.05) is 10.9 Å². The van der Waals surface area contributed by atoms with Gasteiger partial charge in [-0.1, -0.05) is 0 Å². The van der Waals surface area contributed by atoms with E-state index in [0.717, 1.165) is 5.56 Å². The zero-order valence-corrected chi connectivity index (χ0v) is 16.8. The molecule has 0 aliphatic heterocycles. The maximum absolute atomic E-state index is 8.71. The van der Waals surface area contributed by atoms with E-state index in [-0.39, 0.29) is 17.2 Å². The van der Waals surface area contributed by atoms with E-state index in [4.69, 9.17) is 20.8 Å². The van der Waals surface area contributed by atoms with Crippen molar-refractivity contribution in [1.82, 2.24) is 29.7 Å². The average molecular weight is 393 g/mol. The van der Waals surface area contributed by atoms with E-state index in [0.29, 0.717) is 36.0 Å². The Kier molecular flexibility index (Phi) is 5.59. The van der Waals surface area contributed by atoms with Crippen LogP contribution in [-0.4, -0.2) is 43.4 Å². The Hall–Kier alpha value is -3.74. The molecule has 0 aromatic carbocycles. The Morgan fingerprint density at radius 1 is 1.24 bits per heavy atom. The predicted molar refractivity (Wildman–Crippen MR) is 109 cm³/mol. The molecule has 3 aromatic heterocycles. The van der Waals surface area contributed by atoms with Gasteiger partial charge < -0.3 is 15.8 Å². The maximum Gasteiger partial charge on any atom is 0.257 e. The monoisotopic (exact) mass is 393 g/mol. The molecule has 3 heterocycles. The van der Waals surface area contributed by atoms with Crippen LogP contribution in [0, 0.1) is 11.3 Å². The molecule has 0 bridgehead atoms. The smallest absolute Gasteiger partial charge is 0.257 e. The minimum absolute atomic E-state index is 0.207. The first kappa shape index (κ1) is 20.0. The summed E-state index contributed by atoms with van der Waals surface area (Å²) in [7, 11) is 1.49. The molecular formula is C19H23N9O. The molecule has 29 heavy (non-hydrogen) atoms. The van der Waals surface area contributed by atoms with Gasteiger partial charge in [0.05, 0.1) is 37.0 Å². The third-order valence-corrected chi connectivity index (χ3v) is 4.06. The van der Waals surface area contributed by atoms with Gasteiger partial charge in [0, 0.05) is 24.5 Å². The van der Waals surface area contributed by atoms with E-state index in [2.05, 4.69) is 52.1 Å². The van der Waals surface area contributed by atoms with Crippen LogP contribution in [0.15, 0.2) is 24.7 Å². The van der Waals surface area contributed by atoms with Crippen molar-refractivity contribution in [2.45, 2.75) is 32.7 Å². The normalized spacial score (nSPS) is 11.1. The summed E-state index contributed by atoms with van der Waals surface area (Å²) in [5.41, 5.74) is 8.12. The van der Waals surface area contributed by atoms with Gasteiger partial charge in [0.1, 0.15) is 11.4 Å². The predicted octanol–water partition coefficient (Wildman–Crippen LogP) is 2.47. The second-order valence-electron chi connectivity index (χ2n) is 7.26. The number of nitrogens with zero attached hydrogens (tertiary/aromatic N) is 7. The van der Waals surface area contributed by atoms with Crippen LogP contribution in [0.3, 0.4) is 0 Å². The quantitative estimate of drug-likeness (QED) is 0.604. The number of hydrogen-bond donors (Lipinski definition) is 2. The first-order chi connectivity index (χ1) is 13.8. The van der Waals surface area contributed by atoms with Crippen molar-refractivity contribution in [2.24, 2.45) is 0 Å². The SMILES string of the molecule is COc1nc(-c2nn(C(C)(C)C)cc2-c2ccnc(NCCC#N)n2)cnc1N. The van der Waals surface area contributed by atoms with Crippen LogP contribution in [-0.2, 0) is 5.54 Å². The summed E-state index contributed by atoms with van der Waals surface area (Å²) < 4.78 is 7.06. The lowest BCUT2D eigenvalue weighted by atomic mass is 10.1. The molecule has 3 aromatic rings. The Morgan fingerprint density at radius 3 is 2.72 bits per heavy atom. The highest BCUT2D eigenvalue weighted by Crippen LogP contribution is 2.32. The highest BCUT2D eigenvalue weighted by molar-refractivity contribution is 5.77. The van der Waals surface area contributed by atoms with Crippen molar-refractivity contribution in [3.05, 3.63) is 24.7 Å². The average Bonchev–Trinajstić information content (AvgIpc) is 3.15. The molecule has 0 saturated carbocycles. The van der Waals surface area contributed by atoms with Gasteiger partial charge >= 0.3 is 0 Å². The molecule has 3 rings (SSSR count). The number of hydrogen-bond acceptors (Lipinski definition) is 9. The van der Waals surface area contributed by atoms with E-state index in [9.17, 15) is 0 Å². The standard InChI is InChI=1S/C19H23N9O/c1-19(2,3)28-11-12(13-6-9-23-18(26-13)22-8-5-7-20)15(27-28)14-10-24-16(21)17(25-14)29-4/h6,9-11H,5,8H2,1-4H3,(H2,21,24)(H,22,23,26). The van der Waals surface area contributed by atoms with Crippen LogP contribution in [0.5, 0.6) is 5.88 Å². The van der Waals surface area contributed by atoms with E-state index in [1.165, 1.54) is 7.11 Å². The van der Waals surface area contributed by atoms with Gasteiger partial charge in [0.25, 0.3) is 5.88 Å². The lowest BCUT2D eigenvalue weighted by Crippen LogP contribution is -2.22. The maximum atomic E-state index is 8.71. The van der Waals surface area contributed by atoms with Crippen molar-refractivity contribution in [3.8, 4) is 34.6 Å². The Balaban J connectivity index is 2.10. The minimum atomic E-state index is -0.251. The van der Waals surface area contributed by atoms with E-state index < -0.39 is 0 Å². The first-order valence-electron chi connectivity index (χ1n) is 9.04. The van der Waals surface area contributed by atoms with Crippen LogP contribution in [0.1, 0.15) is 27.2 Å². The molecule has 3 N–H and O–H groups in total. The van der Waals surface area contributed by atoms with Gasteiger partial charge in [0.2, 0.25) is 5.95 Å². The molecule has 0 aliphatic carbocycles. The van der Waals surface area contributed by atoms with Crippen molar-refractivity contribution >= 4 is 11.8 Å². The lowest BCUT2D eigenvalue weighted by molar-refractivity contribution is 0.356. The number of anilines is 2. The first-order valence-corrected chi connectivity index (χ1v) is 9.04. The largest absolute Gasteiger partial charge is 0.478 e. The van der Waals surface area contributed by atoms with Crippen LogP contribution < -0.4 is 15.8 Å². The number of methoxy groups -OCH3 is 1. The second-order valence-corrected chi connectivity index (χ2v) is 7.26. The molecule has 0 radical (unpaired) electrons. The molecule has 0 unspecified atom stereocenters. The van der Waals surface area contributed by atoms with Crippen molar-refractivity contribution in [1.29, 1.82) is 5.26 Å². The fraction of sp³-hybridized carbons (Fsp3) is 0.368. The number of nitrogen functional groups attached to an aromatic ring is 1. The highest BCUT2D eigenvalue weighted by Gasteiger charge is 2.22. The van der Waals surface area contributed by atoms with Gasteiger partial charge in [-0.25, -0.2) is 19.9 Å². The molecule has 0 atom stereocenters. The van der Waals surface area contributed by atoms with Crippen LogP contribution in [0.25, 0.3) is 22.6 Å². The summed E-state index contributed by atoms with van der Waals surface area (Å²) >= 11 is 0. The fourth-order valence-corrected chi connectivity index (χ4v) is 2.56. The van der Waals surface area contributed by atoms with Gasteiger partial charge in [-0.3, -0.25) is 4.68 Å². The van der Waals surface area contributed by atoms with Gasteiger partial charge in [-0.2, -0.15) is 10.4 Å². The van der Waals surface area contributed by atoms with Crippen molar-refractivity contribution in [2.75, 3.05) is 24.7 Å². The fourth-order valence-electron chi connectivity index (χ4n) is 2.56. The van der Waals surface area contributed by atoms with Gasteiger partial charge in [0.15, 0.2) is 5.82 Å². The third kappa shape index (κ3) is 4.40. The molecule has 10 nitrogen and oxygen atoms in total. The van der Waals surface area contributed by atoms with Crippen molar-refractivity contribution in [3.63, 3.8) is 0 Å². The Bertz CT molecular complexity index is 1050. The second kappa shape index (κ2) is 8.10. The summed E-state index contributed by atoms with van der Waals surface area (Å²) in [6, 6.07) is 3.88. The van der Waals surface area contributed by atoms with Crippen molar-refractivity contribution < 1.29 is 4.74 Å². The number of rotatable bonds is 6. The van der Waals surface area contributed by atoms with Crippen LogP contribution in [0.4, 0.5) is 11.8 Å². The molecule has 0 spiro atoms. The molecule has 0 fully saturated rings. The Labute approximate surface area is 168 Å². The summed E-state index contributed by atoms with van der Waals surface area (Å²) in [5.74, 6) is 0.882. The number of nitrogens with one attached hydrogen (secondary N) is 1. The van der Waals surface area contributed by atoms with Gasteiger partial charge in [-0.05, 0) is 26.8 Å². The van der Waals surface area contributed by atoms with Crippen LogP contribution in [0.2, 0.25) is 0 Å². The lowest BCUT2D eigenvalue weighted by Gasteiger charge is -2.18. The van der Waals surface area contributed by atoms with E-state index in [1.54, 1.807) is 18.5 Å². The summed E-state index contributed by atoms with van der Waals surface area (Å²) in [6.07, 6.45) is 5.50. The third-order valence-electron chi connectivity index (χ3n) is 4.06. The topological polar surface area (TPSA) is 140 Å². The summed E-state index contributed by atoms with van der Waals surface area (Å²) in [5, 5.41) is 16.5. The Morgan fingerprint density at radius 2 is 2.03 bits per heavy atom. The zero-order chi connectivity index (χ0) is 21.0. The van der Waals surface area contributed by atoms with Crippen LogP contribution >= 0.6 is 0 Å². The minimum Gasteiger partial charge on any atom is -0.478 e. The molecule has 0 amide bonds.